The maximum absolute atomic E-state index is 13.1. The number of hydrogen-bond acceptors (Lipinski definition) is 6. The maximum Gasteiger partial charge on any atom is 0.342 e. The summed E-state index contributed by atoms with van der Waals surface area (Å²) in [5.41, 5.74) is 3.64. The van der Waals surface area contributed by atoms with Crippen molar-refractivity contribution in [1.82, 2.24) is 14.8 Å². The number of amides is 2. The molecular weight excluding hydrogens is 504 g/mol. The molecule has 2 aliphatic heterocycles. The van der Waals surface area contributed by atoms with E-state index in [-0.39, 0.29) is 17.9 Å². The number of carbonyl (C=O) groups excluding carboxylic acids is 2. The quantitative estimate of drug-likeness (QED) is 0.307. The van der Waals surface area contributed by atoms with Gasteiger partial charge in [-0.25, -0.2) is 9.59 Å². The third kappa shape index (κ3) is 4.32. The molecule has 5 heterocycles. The number of hydrogen-bond donors (Lipinski definition) is 2. The molecular formula is C28H32N4O3S2. The highest BCUT2D eigenvalue weighted by Gasteiger charge is 2.46. The van der Waals surface area contributed by atoms with Crippen LogP contribution in [0.1, 0.15) is 69.4 Å². The Hall–Kier alpha value is -2.88. The molecule has 3 aromatic heterocycles. The average molecular weight is 537 g/mol. The van der Waals surface area contributed by atoms with E-state index in [0.717, 1.165) is 61.4 Å². The lowest BCUT2D eigenvalue weighted by molar-refractivity contribution is -0.0234. The van der Waals surface area contributed by atoms with Crippen molar-refractivity contribution in [2.45, 2.75) is 64.1 Å². The summed E-state index contributed by atoms with van der Waals surface area (Å²) in [6, 6.07) is 3.74. The van der Waals surface area contributed by atoms with Crippen molar-refractivity contribution in [2.75, 3.05) is 18.4 Å². The first kappa shape index (κ1) is 24.5. The minimum Gasteiger partial charge on any atom is -0.455 e. The third-order valence-corrected chi connectivity index (χ3v) is 10.2. The van der Waals surface area contributed by atoms with Gasteiger partial charge in [0.05, 0.1) is 5.56 Å². The van der Waals surface area contributed by atoms with Crippen molar-refractivity contribution in [3.8, 4) is 5.00 Å². The van der Waals surface area contributed by atoms with Crippen LogP contribution in [-0.4, -0.2) is 40.2 Å². The normalized spacial score (nSPS) is 20.1. The monoisotopic (exact) mass is 536 g/mol. The number of rotatable bonds is 6. The molecule has 1 aliphatic carbocycles. The Morgan fingerprint density at radius 2 is 2.05 bits per heavy atom. The van der Waals surface area contributed by atoms with Crippen molar-refractivity contribution in [3.63, 3.8) is 0 Å². The Morgan fingerprint density at radius 1 is 1.24 bits per heavy atom. The van der Waals surface area contributed by atoms with E-state index in [1.807, 2.05) is 44.4 Å². The molecule has 3 aromatic rings. The molecule has 0 aromatic carbocycles. The van der Waals surface area contributed by atoms with Gasteiger partial charge in [-0.05, 0) is 62.8 Å². The average Bonchev–Trinajstić information content (AvgIpc) is 3.58. The van der Waals surface area contributed by atoms with E-state index in [2.05, 4.69) is 26.7 Å². The number of thiophene rings is 2. The molecule has 7 nitrogen and oxygen atoms in total. The predicted molar refractivity (Wildman–Crippen MR) is 148 cm³/mol. The van der Waals surface area contributed by atoms with Gasteiger partial charge in [0.25, 0.3) is 0 Å². The summed E-state index contributed by atoms with van der Waals surface area (Å²) in [7, 11) is 0. The SMILES string of the molecule is C=CCN1CCc2c(sc(-n3cccc3)c2CNC(=O)Nc2sc3c4c2C(=O)OC(C)(C)C4CCC3)C1. The highest BCUT2D eigenvalue weighted by Crippen LogP contribution is 2.51. The standard InChI is InChI=1S/C28H32N4O3S2/c1-4-11-31-14-10-17-18(25(37-21(17)16-31)32-12-5-6-13-32)15-29-27(34)30-24-23-22-19(8-7-9-20(22)36-24)28(2,3)35-26(23)33/h4-6,12-13,19H,1,7-11,14-16H2,2-3H3,(H2,29,30,34). The van der Waals surface area contributed by atoms with Crippen LogP contribution in [0.4, 0.5) is 9.80 Å². The van der Waals surface area contributed by atoms with Crippen LogP contribution >= 0.6 is 22.7 Å². The highest BCUT2D eigenvalue weighted by atomic mass is 32.1. The van der Waals surface area contributed by atoms with Crippen LogP contribution in [0.5, 0.6) is 0 Å². The van der Waals surface area contributed by atoms with Gasteiger partial charge in [-0.2, -0.15) is 0 Å². The van der Waals surface area contributed by atoms with Gasteiger partial charge in [0, 0.05) is 59.8 Å². The van der Waals surface area contributed by atoms with Crippen LogP contribution in [0.2, 0.25) is 0 Å². The highest BCUT2D eigenvalue weighted by molar-refractivity contribution is 7.17. The molecule has 0 bridgehead atoms. The number of nitrogens with zero attached hydrogens (tertiary/aromatic N) is 2. The van der Waals surface area contributed by atoms with Crippen molar-refractivity contribution >= 4 is 39.7 Å². The Bertz CT molecular complexity index is 1370. The number of nitrogens with one attached hydrogen (secondary N) is 2. The van der Waals surface area contributed by atoms with E-state index >= 15 is 0 Å². The number of anilines is 1. The topological polar surface area (TPSA) is 75.6 Å². The lowest BCUT2D eigenvalue weighted by Gasteiger charge is -2.40. The van der Waals surface area contributed by atoms with Crippen molar-refractivity contribution in [3.05, 3.63) is 69.2 Å². The number of aryl methyl sites for hydroxylation is 1. The van der Waals surface area contributed by atoms with Gasteiger partial charge in [-0.1, -0.05) is 6.08 Å². The molecule has 0 radical (unpaired) electrons. The minimum absolute atomic E-state index is 0.181. The molecule has 0 saturated carbocycles. The summed E-state index contributed by atoms with van der Waals surface area (Å²) < 4.78 is 7.95. The fraction of sp³-hybridized carbons (Fsp3) is 0.429. The molecule has 1 unspecified atom stereocenters. The van der Waals surface area contributed by atoms with Gasteiger partial charge >= 0.3 is 12.0 Å². The zero-order valence-electron chi connectivity index (χ0n) is 21.3. The Morgan fingerprint density at radius 3 is 2.84 bits per heavy atom. The fourth-order valence-corrected chi connectivity index (χ4v) is 8.69. The van der Waals surface area contributed by atoms with Crippen molar-refractivity contribution in [1.29, 1.82) is 0 Å². The van der Waals surface area contributed by atoms with Crippen LogP contribution in [0.15, 0.2) is 37.2 Å². The van der Waals surface area contributed by atoms with E-state index in [1.165, 1.54) is 26.7 Å². The van der Waals surface area contributed by atoms with Gasteiger partial charge < -0.3 is 14.6 Å². The molecule has 194 valence electrons. The molecule has 1 atom stereocenters. The second-order valence-electron chi connectivity index (χ2n) is 10.5. The number of aromatic nitrogens is 1. The molecule has 3 aliphatic rings. The summed E-state index contributed by atoms with van der Waals surface area (Å²) in [4.78, 5) is 31.0. The smallest absolute Gasteiger partial charge is 0.342 e. The van der Waals surface area contributed by atoms with E-state index in [0.29, 0.717) is 17.1 Å². The first-order valence-corrected chi connectivity index (χ1v) is 14.5. The zero-order valence-corrected chi connectivity index (χ0v) is 22.9. The van der Waals surface area contributed by atoms with Gasteiger partial charge in [0.1, 0.15) is 15.6 Å². The Kier molecular flexibility index (Phi) is 6.25. The number of urea groups is 1. The molecule has 6 rings (SSSR count). The van der Waals surface area contributed by atoms with Crippen molar-refractivity contribution in [2.24, 2.45) is 0 Å². The summed E-state index contributed by atoms with van der Waals surface area (Å²) in [5.74, 6) is -0.150. The van der Waals surface area contributed by atoms with Crippen LogP contribution in [0.3, 0.4) is 0 Å². The van der Waals surface area contributed by atoms with Gasteiger partial charge in [-0.15, -0.1) is 29.3 Å². The van der Waals surface area contributed by atoms with Gasteiger partial charge in [0.15, 0.2) is 0 Å². The summed E-state index contributed by atoms with van der Waals surface area (Å²) >= 11 is 3.32. The zero-order chi connectivity index (χ0) is 25.7. The Labute approximate surface area is 225 Å². The summed E-state index contributed by atoms with van der Waals surface area (Å²) in [6.45, 7) is 11.0. The van der Waals surface area contributed by atoms with Gasteiger partial charge in [0.2, 0.25) is 0 Å². The fourth-order valence-electron chi connectivity index (χ4n) is 6.03. The molecule has 0 saturated heterocycles. The molecule has 37 heavy (non-hydrogen) atoms. The maximum atomic E-state index is 13.1. The summed E-state index contributed by atoms with van der Waals surface area (Å²) in [5, 5.41) is 7.83. The number of fused-ring (bicyclic) bond motifs is 1. The first-order chi connectivity index (χ1) is 17.9. The second-order valence-corrected chi connectivity index (χ2v) is 12.7. The predicted octanol–water partition coefficient (Wildman–Crippen LogP) is 5.84. The van der Waals surface area contributed by atoms with E-state index in [9.17, 15) is 9.59 Å². The molecule has 0 fully saturated rings. The number of carbonyl (C=O) groups is 2. The number of esters is 1. The Balaban J connectivity index is 1.23. The lowest BCUT2D eigenvalue weighted by atomic mass is 9.74. The number of ether oxygens (including phenoxy) is 1. The van der Waals surface area contributed by atoms with Crippen LogP contribution in [0, 0.1) is 0 Å². The van der Waals surface area contributed by atoms with Crippen LogP contribution in [0.25, 0.3) is 5.00 Å². The molecule has 2 N–H and O–H groups in total. The first-order valence-electron chi connectivity index (χ1n) is 12.9. The van der Waals surface area contributed by atoms with Crippen LogP contribution < -0.4 is 10.6 Å². The van der Waals surface area contributed by atoms with E-state index < -0.39 is 5.60 Å². The number of cyclic esters (lactones) is 1. The van der Waals surface area contributed by atoms with E-state index in [1.54, 1.807) is 11.3 Å². The minimum atomic E-state index is -0.520. The summed E-state index contributed by atoms with van der Waals surface area (Å²) in [6.07, 6.45) is 10.0. The lowest BCUT2D eigenvalue weighted by Crippen LogP contribution is -2.41. The molecule has 2 amide bonds. The van der Waals surface area contributed by atoms with Crippen LogP contribution in [-0.2, 0) is 30.7 Å². The largest absolute Gasteiger partial charge is 0.455 e. The van der Waals surface area contributed by atoms with Crippen molar-refractivity contribution < 1.29 is 14.3 Å². The van der Waals surface area contributed by atoms with Gasteiger partial charge in [-0.3, -0.25) is 10.2 Å². The van der Waals surface area contributed by atoms with E-state index in [4.69, 9.17) is 4.74 Å². The third-order valence-electron chi connectivity index (χ3n) is 7.77. The molecule has 0 spiro atoms. The second kappa shape index (κ2) is 9.45. The molecule has 9 heteroatoms.